The van der Waals surface area contributed by atoms with Gasteiger partial charge < -0.3 is 0 Å². The summed E-state index contributed by atoms with van der Waals surface area (Å²) in [5, 5.41) is 9.95. The molecule has 4 nitrogen and oxygen atoms in total. The molecule has 62 valence electrons. The number of nitrogens with zero attached hydrogens (tertiary/aromatic N) is 2. The van der Waals surface area contributed by atoms with Crippen LogP contribution in [0.1, 0.15) is 5.56 Å². The molecule has 0 spiro atoms. The number of rotatable bonds is 2. The van der Waals surface area contributed by atoms with Crippen LogP contribution in [0.3, 0.4) is 0 Å². The molecule has 0 N–H and O–H groups in total. The molecule has 0 saturated heterocycles. The Balaban J connectivity index is 2.83. The number of aromatic nitrogens is 1. The summed E-state index contributed by atoms with van der Waals surface area (Å²) in [6.07, 6.45) is 5.56. The van der Waals surface area contributed by atoms with Gasteiger partial charge in [-0.05, 0) is 34.2 Å². The second-order valence-electron chi connectivity index (χ2n) is 2.04. The molecule has 0 aliphatic rings. The quantitative estimate of drug-likeness (QED) is 0.471. The molecule has 1 rings (SSSR count). The molecule has 1 heterocycles. The Morgan fingerprint density at radius 1 is 1.58 bits per heavy atom. The van der Waals surface area contributed by atoms with E-state index in [4.69, 9.17) is 0 Å². The highest BCUT2D eigenvalue weighted by molar-refractivity contribution is 14.1. The van der Waals surface area contributed by atoms with Gasteiger partial charge in [0, 0.05) is 22.0 Å². The van der Waals surface area contributed by atoms with Crippen molar-refractivity contribution in [1.29, 1.82) is 0 Å². The van der Waals surface area contributed by atoms with Crippen LogP contribution in [0.4, 0.5) is 0 Å². The van der Waals surface area contributed by atoms with Crippen molar-refractivity contribution in [2.45, 2.75) is 0 Å². The Labute approximate surface area is 82.6 Å². The van der Waals surface area contributed by atoms with Gasteiger partial charge in [0.1, 0.15) is 0 Å². The summed E-state index contributed by atoms with van der Waals surface area (Å²) in [5.74, 6) is 0. The van der Waals surface area contributed by atoms with Gasteiger partial charge in [0.25, 0.3) is 0 Å². The number of halogens is 1. The summed E-state index contributed by atoms with van der Waals surface area (Å²) < 4.78 is 0.957. The van der Waals surface area contributed by atoms with E-state index in [-0.39, 0.29) is 0 Å². The zero-order valence-electron chi connectivity index (χ0n) is 5.98. The van der Waals surface area contributed by atoms with E-state index in [0.29, 0.717) is 0 Å². The minimum absolute atomic E-state index is 0.500. The van der Waals surface area contributed by atoms with Crippen LogP contribution in [0.2, 0.25) is 0 Å². The van der Waals surface area contributed by atoms with Gasteiger partial charge in [0.15, 0.2) is 0 Å². The SMILES string of the molecule is O=[N+]([O-])/C=C/c1cncc(I)c1. The molecular formula is C7H5IN2O2. The lowest BCUT2D eigenvalue weighted by atomic mass is 10.3. The third kappa shape index (κ3) is 2.95. The van der Waals surface area contributed by atoms with Crippen LogP contribution in [0, 0.1) is 13.7 Å². The maximum Gasteiger partial charge on any atom is 0.235 e. The van der Waals surface area contributed by atoms with E-state index in [9.17, 15) is 10.1 Å². The highest BCUT2D eigenvalue weighted by atomic mass is 127. The summed E-state index contributed by atoms with van der Waals surface area (Å²) >= 11 is 2.10. The molecular weight excluding hydrogens is 271 g/mol. The van der Waals surface area contributed by atoms with E-state index in [1.807, 2.05) is 6.07 Å². The molecule has 0 saturated carbocycles. The molecule has 1 aromatic heterocycles. The monoisotopic (exact) mass is 276 g/mol. The van der Waals surface area contributed by atoms with Crippen molar-refractivity contribution in [1.82, 2.24) is 4.98 Å². The van der Waals surface area contributed by atoms with Crippen molar-refractivity contribution in [3.8, 4) is 0 Å². The number of hydrogen-bond acceptors (Lipinski definition) is 3. The standard InChI is InChI=1S/C7H5IN2O2/c8-7-3-6(4-9-5-7)1-2-10(11)12/h1-5H/b2-1+. The molecule has 0 unspecified atom stereocenters. The normalized spacial score (nSPS) is 10.4. The Kier molecular flexibility index (Phi) is 3.15. The van der Waals surface area contributed by atoms with E-state index in [0.717, 1.165) is 15.3 Å². The molecule has 0 aromatic carbocycles. The molecule has 5 heteroatoms. The summed E-state index contributed by atoms with van der Waals surface area (Å²) in [7, 11) is 0. The van der Waals surface area contributed by atoms with E-state index < -0.39 is 4.92 Å². The molecule has 0 radical (unpaired) electrons. The number of nitro groups is 1. The Morgan fingerprint density at radius 3 is 2.92 bits per heavy atom. The molecule has 0 aliphatic heterocycles. The lowest BCUT2D eigenvalue weighted by molar-refractivity contribution is -0.400. The van der Waals surface area contributed by atoms with Crippen LogP contribution >= 0.6 is 22.6 Å². The predicted molar refractivity (Wildman–Crippen MR) is 53.0 cm³/mol. The first kappa shape index (κ1) is 9.11. The van der Waals surface area contributed by atoms with Gasteiger partial charge in [0.2, 0.25) is 6.20 Å². The van der Waals surface area contributed by atoms with Crippen LogP contribution in [0.25, 0.3) is 6.08 Å². The molecule has 0 fully saturated rings. The molecule has 12 heavy (non-hydrogen) atoms. The Bertz CT molecular complexity index is 325. The van der Waals surface area contributed by atoms with Gasteiger partial charge in [-0.25, -0.2) is 0 Å². The van der Waals surface area contributed by atoms with Crippen molar-refractivity contribution in [3.05, 3.63) is 43.9 Å². The average Bonchev–Trinajstić information content (AvgIpc) is 2.01. The molecule has 0 bridgehead atoms. The first-order valence-corrected chi connectivity index (χ1v) is 4.18. The fraction of sp³-hybridized carbons (Fsp3) is 0. The molecule has 0 aliphatic carbocycles. The second kappa shape index (κ2) is 4.15. The van der Waals surface area contributed by atoms with Gasteiger partial charge in [-0.15, -0.1) is 0 Å². The first-order chi connectivity index (χ1) is 5.68. The Morgan fingerprint density at radius 2 is 2.33 bits per heavy atom. The third-order valence-corrected chi connectivity index (χ3v) is 1.70. The van der Waals surface area contributed by atoms with Crippen molar-refractivity contribution in [3.63, 3.8) is 0 Å². The minimum atomic E-state index is -0.500. The van der Waals surface area contributed by atoms with Crippen LogP contribution in [-0.4, -0.2) is 9.91 Å². The van der Waals surface area contributed by atoms with E-state index in [1.54, 1.807) is 12.4 Å². The van der Waals surface area contributed by atoms with Gasteiger partial charge in [-0.3, -0.25) is 15.1 Å². The van der Waals surface area contributed by atoms with E-state index >= 15 is 0 Å². The zero-order chi connectivity index (χ0) is 8.97. The second-order valence-corrected chi connectivity index (χ2v) is 3.28. The van der Waals surface area contributed by atoms with Crippen LogP contribution in [0.15, 0.2) is 24.7 Å². The predicted octanol–water partition coefficient (Wildman–Crippen LogP) is 1.93. The fourth-order valence-electron chi connectivity index (χ4n) is 0.666. The van der Waals surface area contributed by atoms with Crippen LogP contribution in [-0.2, 0) is 0 Å². The third-order valence-electron chi connectivity index (χ3n) is 1.11. The van der Waals surface area contributed by atoms with E-state index in [2.05, 4.69) is 27.6 Å². The van der Waals surface area contributed by atoms with Crippen molar-refractivity contribution in [2.24, 2.45) is 0 Å². The maximum atomic E-state index is 9.95. The average molecular weight is 276 g/mol. The minimum Gasteiger partial charge on any atom is -0.263 e. The summed E-state index contributed by atoms with van der Waals surface area (Å²) in [6.45, 7) is 0. The largest absolute Gasteiger partial charge is 0.263 e. The van der Waals surface area contributed by atoms with E-state index in [1.165, 1.54) is 6.08 Å². The highest BCUT2D eigenvalue weighted by Gasteiger charge is 1.91. The van der Waals surface area contributed by atoms with Crippen molar-refractivity contribution < 1.29 is 4.92 Å². The van der Waals surface area contributed by atoms with Gasteiger partial charge in [-0.2, -0.15) is 0 Å². The summed E-state index contributed by atoms with van der Waals surface area (Å²) in [4.78, 5) is 13.3. The number of hydrogen-bond donors (Lipinski definition) is 0. The lowest BCUT2D eigenvalue weighted by Crippen LogP contribution is -1.83. The number of pyridine rings is 1. The first-order valence-electron chi connectivity index (χ1n) is 3.11. The van der Waals surface area contributed by atoms with Crippen LogP contribution in [0.5, 0.6) is 0 Å². The molecule has 0 atom stereocenters. The van der Waals surface area contributed by atoms with Crippen LogP contribution < -0.4 is 0 Å². The molecule has 0 amide bonds. The zero-order valence-corrected chi connectivity index (χ0v) is 8.13. The lowest BCUT2D eigenvalue weighted by Gasteiger charge is -1.90. The molecule has 1 aromatic rings. The maximum absolute atomic E-state index is 9.95. The van der Waals surface area contributed by atoms with Gasteiger partial charge >= 0.3 is 0 Å². The smallest absolute Gasteiger partial charge is 0.235 e. The van der Waals surface area contributed by atoms with Crippen molar-refractivity contribution in [2.75, 3.05) is 0 Å². The Hall–Kier alpha value is -0.980. The summed E-state index contributed by atoms with van der Waals surface area (Å²) in [5.41, 5.74) is 0.735. The van der Waals surface area contributed by atoms with Crippen molar-refractivity contribution >= 4 is 28.7 Å². The topological polar surface area (TPSA) is 56.0 Å². The summed E-state index contributed by atoms with van der Waals surface area (Å²) in [6, 6.07) is 1.81. The van der Waals surface area contributed by atoms with Gasteiger partial charge in [-0.1, -0.05) is 0 Å². The highest BCUT2D eigenvalue weighted by Crippen LogP contribution is 2.06. The fourth-order valence-corrected chi connectivity index (χ4v) is 1.19. The van der Waals surface area contributed by atoms with Gasteiger partial charge in [0.05, 0.1) is 4.92 Å².